The van der Waals surface area contributed by atoms with E-state index in [-0.39, 0.29) is 11.5 Å². The Balaban J connectivity index is 1.79. The molecule has 2 aromatic carbocycles. The molecule has 0 fully saturated rings. The lowest BCUT2D eigenvalue weighted by Crippen LogP contribution is -2.25. The first-order valence-corrected chi connectivity index (χ1v) is 10.9. The molecule has 2 aromatic rings. The lowest BCUT2D eigenvalue weighted by molar-refractivity contribution is 0.235. The van der Waals surface area contributed by atoms with Gasteiger partial charge in [0.2, 0.25) is 5.90 Å². The molecule has 0 N–H and O–H groups in total. The monoisotopic (exact) mass is 375 g/mol. The number of hydrogen-bond acceptors (Lipinski definition) is 2. The van der Waals surface area contributed by atoms with Crippen LogP contribution in [0.5, 0.6) is 0 Å². The first-order chi connectivity index (χ1) is 13.0. The van der Waals surface area contributed by atoms with Crippen molar-refractivity contribution in [3.05, 3.63) is 83.7 Å². The van der Waals surface area contributed by atoms with Crippen LogP contribution < -0.4 is 10.6 Å². The molecular weight excluding hydrogens is 349 g/mol. The lowest BCUT2D eigenvalue weighted by atomic mass is 9.88. The summed E-state index contributed by atoms with van der Waals surface area (Å²) in [7, 11) is -0.618. The third-order valence-electron chi connectivity index (χ3n) is 5.09. The molecule has 0 radical (unpaired) electrons. The largest absolute Gasteiger partial charge is 0.475 e. The smallest absolute Gasteiger partial charge is 0.213 e. The minimum Gasteiger partial charge on any atom is -0.475 e. The summed E-state index contributed by atoms with van der Waals surface area (Å²) < 4.78 is 6.09. The van der Waals surface area contributed by atoms with E-state index in [1.165, 1.54) is 21.5 Å². The zero-order valence-corrected chi connectivity index (χ0v) is 17.1. The molecule has 0 spiro atoms. The van der Waals surface area contributed by atoms with Crippen LogP contribution >= 0.6 is 7.92 Å². The van der Waals surface area contributed by atoms with Crippen LogP contribution in [0.4, 0.5) is 0 Å². The quantitative estimate of drug-likeness (QED) is 0.675. The third-order valence-corrected chi connectivity index (χ3v) is 7.62. The van der Waals surface area contributed by atoms with Gasteiger partial charge in [0.25, 0.3) is 0 Å². The minimum atomic E-state index is -0.618. The predicted molar refractivity (Wildman–Crippen MR) is 116 cm³/mol. The molecular formula is C24H26NOP. The molecule has 1 atom stereocenters. The van der Waals surface area contributed by atoms with Crippen molar-refractivity contribution in [1.29, 1.82) is 0 Å². The highest BCUT2D eigenvalue weighted by Crippen LogP contribution is 2.48. The molecule has 0 saturated carbocycles. The highest BCUT2D eigenvalue weighted by molar-refractivity contribution is 7.77. The maximum absolute atomic E-state index is 6.09. The molecule has 2 aliphatic rings. The van der Waals surface area contributed by atoms with Gasteiger partial charge in [0.05, 0.1) is 6.04 Å². The van der Waals surface area contributed by atoms with Gasteiger partial charge < -0.3 is 4.74 Å². The predicted octanol–water partition coefficient (Wildman–Crippen LogP) is 5.18. The van der Waals surface area contributed by atoms with Gasteiger partial charge in [0.1, 0.15) is 6.61 Å². The Morgan fingerprint density at radius 3 is 2.04 bits per heavy atom. The van der Waals surface area contributed by atoms with Crippen molar-refractivity contribution >= 4 is 24.4 Å². The summed E-state index contributed by atoms with van der Waals surface area (Å²) in [6.07, 6.45) is 5.45. The summed E-state index contributed by atoms with van der Waals surface area (Å²) in [6.45, 7) is 7.38. The second-order valence-corrected chi connectivity index (χ2v) is 10.3. The molecule has 0 amide bonds. The van der Waals surface area contributed by atoms with E-state index < -0.39 is 7.92 Å². The number of hydrogen-bond donors (Lipinski definition) is 0. The van der Waals surface area contributed by atoms with Gasteiger partial charge in [-0.3, -0.25) is 0 Å². The highest BCUT2D eigenvalue weighted by Gasteiger charge is 2.33. The molecule has 3 heteroatoms. The van der Waals surface area contributed by atoms with Crippen molar-refractivity contribution < 1.29 is 4.74 Å². The average molecular weight is 375 g/mol. The fraction of sp³-hybridized carbons (Fsp3) is 0.292. The summed E-state index contributed by atoms with van der Waals surface area (Å²) in [5.41, 5.74) is 1.39. The van der Waals surface area contributed by atoms with E-state index >= 15 is 0 Å². The third kappa shape index (κ3) is 3.77. The van der Waals surface area contributed by atoms with Crippen molar-refractivity contribution in [3.63, 3.8) is 0 Å². The van der Waals surface area contributed by atoms with Gasteiger partial charge in [-0.25, -0.2) is 4.99 Å². The number of allylic oxidation sites excluding steroid dienone is 3. The first-order valence-electron chi connectivity index (χ1n) is 9.55. The van der Waals surface area contributed by atoms with Crippen molar-refractivity contribution in [2.75, 3.05) is 6.61 Å². The van der Waals surface area contributed by atoms with Crippen molar-refractivity contribution in [1.82, 2.24) is 0 Å². The Kier molecular flexibility index (Phi) is 5.02. The minimum absolute atomic E-state index is 0.123. The molecule has 0 aromatic heterocycles. The van der Waals surface area contributed by atoms with E-state index in [9.17, 15) is 0 Å². The molecule has 138 valence electrons. The lowest BCUT2D eigenvalue weighted by Gasteiger charge is -2.22. The van der Waals surface area contributed by atoms with Crippen LogP contribution in [0.3, 0.4) is 0 Å². The fourth-order valence-corrected chi connectivity index (χ4v) is 5.97. The second-order valence-electron chi connectivity index (χ2n) is 8.10. The van der Waals surface area contributed by atoms with Crippen molar-refractivity contribution in [2.45, 2.75) is 33.2 Å². The van der Waals surface area contributed by atoms with E-state index in [1.54, 1.807) is 0 Å². The summed E-state index contributed by atoms with van der Waals surface area (Å²) in [5.74, 6) is 0.856. The molecule has 1 heterocycles. The Hall–Kier alpha value is -2.18. The van der Waals surface area contributed by atoms with Gasteiger partial charge in [-0.1, -0.05) is 93.6 Å². The molecule has 2 nitrogen and oxygen atoms in total. The Labute approximate surface area is 163 Å². The van der Waals surface area contributed by atoms with Crippen LogP contribution in [0, 0.1) is 5.41 Å². The van der Waals surface area contributed by atoms with Crippen LogP contribution in [0.2, 0.25) is 0 Å². The molecule has 27 heavy (non-hydrogen) atoms. The summed E-state index contributed by atoms with van der Waals surface area (Å²) >= 11 is 0. The topological polar surface area (TPSA) is 21.6 Å². The summed E-state index contributed by atoms with van der Waals surface area (Å²) in [5, 5.41) is 4.10. The molecule has 1 aliphatic heterocycles. The Morgan fingerprint density at radius 2 is 1.52 bits per heavy atom. The highest BCUT2D eigenvalue weighted by atomic mass is 31.1. The summed E-state index contributed by atoms with van der Waals surface area (Å²) in [4.78, 5) is 4.97. The fourth-order valence-electron chi connectivity index (χ4n) is 3.46. The number of benzene rings is 2. The zero-order chi connectivity index (χ0) is 18.9. The average Bonchev–Trinajstić information content (AvgIpc) is 3.33. The van der Waals surface area contributed by atoms with E-state index in [2.05, 4.69) is 93.6 Å². The summed E-state index contributed by atoms with van der Waals surface area (Å²) in [6, 6.07) is 21.9. The standard InChI is InChI=1S/C24H26NOP/c1-24(2,3)22-17-26-23(25-22)20-15-10-16-21(20)27(18-11-6-4-7-12-18)19-13-8-5-9-14-19/h4-14,16,22H,15,17H2,1-3H3/t22-/m1/s1. The Morgan fingerprint density at radius 1 is 0.926 bits per heavy atom. The Bertz CT molecular complexity index is 851. The molecule has 4 rings (SSSR count). The van der Waals surface area contributed by atoms with Crippen LogP contribution in [0.1, 0.15) is 27.2 Å². The number of ether oxygens (including phenoxy) is 1. The van der Waals surface area contributed by atoms with Crippen molar-refractivity contribution in [3.8, 4) is 0 Å². The van der Waals surface area contributed by atoms with Crippen LogP contribution in [0.15, 0.2) is 88.7 Å². The second kappa shape index (κ2) is 7.44. The van der Waals surface area contributed by atoms with Gasteiger partial charge in [-0.15, -0.1) is 0 Å². The number of nitrogens with zero attached hydrogens (tertiary/aromatic N) is 1. The van der Waals surface area contributed by atoms with Gasteiger partial charge in [0, 0.05) is 5.57 Å². The molecule has 0 unspecified atom stereocenters. The van der Waals surface area contributed by atoms with E-state index in [4.69, 9.17) is 9.73 Å². The van der Waals surface area contributed by atoms with E-state index in [1.807, 2.05) is 0 Å². The zero-order valence-electron chi connectivity index (χ0n) is 16.2. The molecule has 1 aliphatic carbocycles. The van der Waals surface area contributed by atoms with Crippen LogP contribution in [-0.2, 0) is 4.74 Å². The van der Waals surface area contributed by atoms with Crippen LogP contribution in [-0.4, -0.2) is 18.5 Å². The number of aliphatic imine (C=N–C) groups is 1. The molecule has 0 bridgehead atoms. The molecule has 0 saturated heterocycles. The van der Waals surface area contributed by atoms with E-state index in [0.717, 1.165) is 12.3 Å². The van der Waals surface area contributed by atoms with Crippen LogP contribution in [0.25, 0.3) is 0 Å². The van der Waals surface area contributed by atoms with E-state index in [0.29, 0.717) is 6.61 Å². The SMILES string of the molecule is CC(C)(C)[C@H]1COC(C2=C(P(c3ccccc3)c3ccccc3)C=CC2)=N1. The first kappa shape index (κ1) is 18.2. The maximum atomic E-state index is 6.09. The van der Waals surface area contributed by atoms with Gasteiger partial charge in [-0.05, 0) is 35.7 Å². The maximum Gasteiger partial charge on any atom is 0.213 e. The van der Waals surface area contributed by atoms with Gasteiger partial charge in [-0.2, -0.15) is 0 Å². The normalized spacial score (nSPS) is 19.6. The van der Waals surface area contributed by atoms with Gasteiger partial charge in [0.15, 0.2) is 0 Å². The van der Waals surface area contributed by atoms with Crippen molar-refractivity contribution in [2.24, 2.45) is 10.4 Å². The van der Waals surface area contributed by atoms with Gasteiger partial charge >= 0.3 is 0 Å². The number of rotatable bonds is 4.